The van der Waals surface area contributed by atoms with E-state index in [4.69, 9.17) is 20.8 Å². The summed E-state index contributed by atoms with van der Waals surface area (Å²) in [6.45, 7) is 0. The van der Waals surface area contributed by atoms with Gasteiger partial charge < -0.3 is 15.6 Å². The van der Waals surface area contributed by atoms with Gasteiger partial charge in [0.15, 0.2) is 0 Å². The standard InChI is InChI=1S/C12H14N2O3S/c1-17-11-3-2-8(4-9(11)5-13)6-18-7-10(14)12(15)16/h2-4,10H,6-7,14H2,1H3,(H,15,16)/t10-/m0/s1. The van der Waals surface area contributed by atoms with Crippen molar-refractivity contribution in [3.63, 3.8) is 0 Å². The van der Waals surface area contributed by atoms with E-state index in [2.05, 4.69) is 6.07 Å². The molecule has 0 aromatic heterocycles. The first-order chi connectivity index (χ1) is 8.58. The molecule has 0 unspecified atom stereocenters. The van der Waals surface area contributed by atoms with Gasteiger partial charge in [-0.15, -0.1) is 0 Å². The highest BCUT2D eigenvalue weighted by atomic mass is 32.2. The molecule has 1 atom stereocenters. The van der Waals surface area contributed by atoms with Gasteiger partial charge in [-0.05, 0) is 17.7 Å². The lowest BCUT2D eigenvalue weighted by molar-refractivity contribution is -0.137. The van der Waals surface area contributed by atoms with Gasteiger partial charge in [0, 0.05) is 11.5 Å². The van der Waals surface area contributed by atoms with Crippen molar-refractivity contribution in [3.05, 3.63) is 29.3 Å². The van der Waals surface area contributed by atoms with E-state index < -0.39 is 12.0 Å². The molecule has 0 saturated carbocycles. The normalized spacial score (nSPS) is 11.6. The van der Waals surface area contributed by atoms with Gasteiger partial charge in [-0.2, -0.15) is 17.0 Å². The SMILES string of the molecule is COc1ccc(CSC[C@H](N)C(=O)O)cc1C#N. The number of nitrogens with zero attached hydrogens (tertiary/aromatic N) is 1. The Morgan fingerprint density at radius 3 is 2.94 bits per heavy atom. The molecule has 1 aromatic carbocycles. The minimum absolute atomic E-state index is 0.337. The van der Waals surface area contributed by atoms with Crippen molar-refractivity contribution < 1.29 is 14.6 Å². The van der Waals surface area contributed by atoms with E-state index in [0.717, 1.165) is 5.56 Å². The molecule has 96 valence electrons. The monoisotopic (exact) mass is 266 g/mol. The second-order valence-electron chi connectivity index (χ2n) is 3.61. The molecule has 0 amide bonds. The number of nitriles is 1. The maximum Gasteiger partial charge on any atom is 0.321 e. The molecule has 18 heavy (non-hydrogen) atoms. The van der Waals surface area contributed by atoms with Crippen LogP contribution in [-0.2, 0) is 10.5 Å². The lowest BCUT2D eigenvalue weighted by Gasteiger charge is -2.07. The van der Waals surface area contributed by atoms with Crippen LogP contribution in [0.1, 0.15) is 11.1 Å². The number of nitrogens with two attached hydrogens (primary N) is 1. The third-order valence-corrected chi connectivity index (χ3v) is 3.40. The molecule has 0 aliphatic carbocycles. The van der Waals surface area contributed by atoms with Crippen molar-refractivity contribution in [3.8, 4) is 11.8 Å². The number of carbonyl (C=O) groups is 1. The van der Waals surface area contributed by atoms with Crippen LogP contribution in [0.5, 0.6) is 5.75 Å². The zero-order valence-electron chi connectivity index (χ0n) is 9.92. The molecule has 0 bridgehead atoms. The number of ether oxygens (including phenoxy) is 1. The molecule has 0 radical (unpaired) electrons. The smallest absolute Gasteiger partial charge is 0.321 e. The molecule has 0 spiro atoms. The van der Waals surface area contributed by atoms with E-state index in [1.807, 2.05) is 6.07 Å². The highest BCUT2D eigenvalue weighted by molar-refractivity contribution is 7.98. The minimum Gasteiger partial charge on any atom is -0.495 e. The van der Waals surface area contributed by atoms with Crippen molar-refractivity contribution >= 4 is 17.7 Å². The number of rotatable bonds is 6. The third-order valence-electron chi connectivity index (χ3n) is 2.27. The van der Waals surface area contributed by atoms with E-state index >= 15 is 0 Å². The number of aliphatic carboxylic acids is 1. The molecule has 1 aromatic rings. The van der Waals surface area contributed by atoms with Crippen LogP contribution in [-0.4, -0.2) is 30.0 Å². The van der Waals surface area contributed by atoms with Gasteiger partial charge in [0.25, 0.3) is 0 Å². The first kappa shape index (κ1) is 14.4. The van der Waals surface area contributed by atoms with Gasteiger partial charge in [0.05, 0.1) is 12.7 Å². The molecule has 0 heterocycles. The Labute approximate surface area is 110 Å². The van der Waals surface area contributed by atoms with E-state index in [-0.39, 0.29) is 0 Å². The number of benzene rings is 1. The summed E-state index contributed by atoms with van der Waals surface area (Å²) in [6, 6.07) is 6.50. The van der Waals surface area contributed by atoms with Gasteiger partial charge >= 0.3 is 5.97 Å². The fraction of sp³-hybridized carbons (Fsp3) is 0.333. The summed E-state index contributed by atoms with van der Waals surface area (Å²) in [4.78, 5) is 10.5. The van der Waals surface area contributed by atoms with Crippen LogP contribution in [0.4, 0.5) is 0 Å². The number of thioether (sulfide) groups is 1. The fourth-order valence-electron chi connectivity index (χ4n) is 1.31. The Hall–Kier alpha value is -1.71. The zero-order valence-corrected chi connectivity index (χ0v) is 10.7. The average molecular weight is 266 g/mol. The predicted octanol–water partition coefficient (Wildman–Crippen LogP) is 1.21. The molecule has 3 N–H and O–H groups in total. The summed E-state index contributed by atoms with van der Waals surface area (Å²) >= 11 is 1.42. The van der Waals surface area contributed by atoms with Crippen LogP contribution in [0, 0.1) is 11.3 Å². The highest BCUT2D eigenvalue weighted by Crippen LogP contribution is 2.21. The largest absolute Gasteiger partial charge is 0.495 e. The van der Waals surface area contributed by atoms with Crippen LogP contribution >= 0.6 is 11.8 Å². The van der Waals surface area contributed by atoms with Crippen molar-refractivity contribution in [2.75, 3.05) is 12.9 Å². The van der Waals surface area contributed by atoms with Crippen LogP contribution in [0.15, 0.2) is 18.2 Å². The van der Waals surface area contributed by atoms with Gasteiger partial charge in [-0.3, -0.25) is 4.79 Å². The Morgan fingerprint density at radius 1 is 1.67 bits per heavy atom. The summed E-state index contributed by atoms with van der Waals surface area (Å²) in [5.74, 6) is 0.478. The van der Waals surface area contributed by atoms with Crippen molar-refractivity contribution in [1.29, 1.82) is 5.26 Å². The predicted molar refractivity (Wildman–Crippen MR) is 69.5 cm³/mol. The second-order valence-corrected chi connectivity index (χ2v) is 4.64. The van der Waals surface area contributed by atoms with E-state index in [1.165, 1.54) is 18.9 Å². The van der Waals surface area contributed by atoms with Gasteiger partial charge in [-0.25, -0.2) is 0 Å². The van der Waals surface area contributed by atoms with Crippen LogP contribution in [0.25, 0.3) is 0 Å². The first-order valence-electron chi connectivity index (χ1n) is 5.21. The average Bonchev–Trinajstić information content (AvgIpc) is 2.38. The Balaban J connectivity index is 2.59. The minimum atomic E-state index is -1.00. The van der Waals surface area contributed by atoms with E-state index in [0.29, 0.717) is 22.8 Å². The molecular formula is C12H14N2O3S. The van der Waals surface area contributed by atoms with Crippen LogP contribution < -0.4 is 10.5 Å². The molecular weight excluding hydrogens is 252 g/mol. The molecule has 6 heteroatoms. The number of hydrogen-bond donors (Lipinski definition) is 2. The molecule has 1 rings (SSSR count). The maximum absolute atomic E-state index is 10.5. The van der Waals surface area contributed by atoms with Gasteiger partial charge in [0.1, 0.15) is 17.9 Å². The topological polar surface area (TPSA) is 96.3 Å². The van der Waals surface area contributed by atoms with Crippen molar-refractivity contribution in [2.45, 2.75) is 11.8 Å². The molecule has 0 aliphatic heterocycles. The number of hydrogen-bond acceptors (Lipinski definition) is 5. The second kappa shape index (κ2) is 6.89. The Bertz CT molecular complexity index is 471. The van der Waals surface area contributed by atoms with Crippen LogP contribution in [0.3, 0.4) is 0 Å². The van der Waals surface area contributed by atoms with Crippen molar-refractivity contribution in [2.24, 2.45) is 5.73 Å². The van der Waals surface area contributed by atoms with Gasteiger partial charge in [0.2, 0.25) is 0 Å². The summed E-state index contributed by atoms with van der Waals surface area (Å²) in [5.41, 5.74) is 6.80. The lowest BCUT2D eigenvalue weighted by atomic mass is 10.1. The summed E-state index contributed by atoms with van der Waals surface area (Å²) in [6.07, 6.45) is 0. The third kappa shape index (κ3) is 3.95. The number of methoxy groups -OCH3 is 1. The molecule has 0 fully saturated rings. The Kier molecular flexibility index (Phi) is 5.49. The van der Waals surface area contributed by atoms with E-state index in [1.54, 1.807) is 12.1 Å². The summed E-state index contributed by atoms with van der Waals surface area (Å²) in [7, 11) is 1.51. The number of carboxylic acids is 1. The zero-order chi connectivity index (χ0) is 13.5. The molecule has 0 saturated heterocycles. The first-order valence-corrected chi connectivity index (χ1v) is 6.37. The van der Waals surface area contributed by atoms with Crippen LogP contribution in [0.2, 0.25) is 0 Å². The fourth-order valence-corrected chi connectivity index (χ4v) is 2.24. The quantitative estimate of drug-likeness (QED) is 0.803. The van der Waals surface area contributed by atoms with E-state index in [9.17, 15) is 4.79 Å². The maximum atomic E-state index is 10.5. The van der Waals surface area contributed by atoms with Crippen molar-refractivity contribution in [1.82, 2.24) is 0 Å². The molecule has 5 nitrogen and oxygen atoms in total. The van der Waals surface area contributed by atoms with Gasteiger partial charge in [-0.1, -0.05) is 6.07 Å². The summed E-state index contributed by atoms with van der Waals surface area (Å²) in [5, 5.41) is 17.6. The molecule has 0 aliphatic rings. The number of carboxylic acid groups (broad SMARTS) is 1. The summed E-state index contributed by atoms with van der Waals surface area (Å²) < 4.78 is 5.04. The Morgan fingerprint density at radius 2 is 2.39 bits per heavy atom. The highest BCUT2D eigenvalue weighted by Gasteiger charge is 2.11. The lowest BCUT2D eigenvalue weighted by Crippen LogP contribution is -2.32.